The van der Waals surface area contributed by atoms with Gasteiger partial charge in [-0.2, -0.15) is 0 Å². The van der Waals surface area contributed by atoms with Crippen molar-refractivity contribution in [3.05, 3.63) is 180 Å². The Kier molecular flexibility index (Phi) is 14.8. The molecule has 2 atom stereocenters. The zero-order chi connectivity index (χ0) is 48.6. The molecule has 0 bridgehead atoms. The van der Waals surface area contributed by atoms with Crippen LogP contribution in [-0.4, -0.2) is 86.4 Å². The number of benzene rings is 4. The fourth-order valence-corrected chi connectivity index (χ4v) is 6.57. The molecule has 4 aromatic carbocycles. The molecule has 342 valence electrons. The average molecular weight is 914 g/mol. The van der Waals surface area contributed by atoms with Crippen molar-refractivity contribution in [2.75, 3.05) is 26.9 Å². The number of carbonyl (C=O) groups is 4. The number of esters is 3. The fraction of sp³-hybridized carbons (Fsp3) is 0.220. The molecule has 1 aliphatic rings. The summed E-state index contributed by atoms with van der Waals surface area (Å²) < 4.78 is 21.8. The van der Waals surface area contributed by atoms with E-state index in [4.69, 9.17) is 18.9 Å². The molecule has 66 heavy (non-hydrogen) atoms. The third kappa shape index (κ3) is 11.3. The van der Waals surface area contributed by atoms with Crippen LogP contribution >= 0.6 is 0 Å². The molecule has 0 spiro atoms. The number of allylic oxidation sites excluding steroid dienone is 2. The minimum absolute atomic E-state index is 0.0809. The summed E-state index contributed by atoms with van der Waals surface area (Å²) >= 11 is 0. The van der Waals surface area contributed by atoms with Crippen LogP contribution in [0.25, 0.3) is 0 Å². The number of hydrogen-bond acceptors (Lipinski definition) is 20. The molecule has 0 saturated heterocycles. The molecular weight excluding hydrogens is 880 g/mol. The molecule has 25 heteroatoms. The Labute approximate surface area is 369 Å². The van der Waals surface area contributed by atoms with Crippen molar-refractivity contribution >= 4 is 52.3 Å². The lowest BCUT2D eigenvalue weighted by atomic mass is 9.80. The van der Waals surface area contributed by atoms with E-state index < -0.39 is 108 Å². The molecule has 0 unspecified atom stereocenters. The summed E-state index contributed by atoms with van der Waals surface area (Å²) in [6.07, 6.45) is -1.47. The number of nitro groups is 5. The second-order valence-corrected chi connectivity index (χ2v) is 14.1. The molecule has 25 nitrogen and oxygen atoms in total. The highest BCUT2D eigenvalue weighted by atomic mass is 16.6. The van der Waals surface area contributed by atoms with E-state index in [1.165, 1.54) is 49.2 Å². The van der Waals surface area contributed by atoms with E-state index in [9.17, 15) is 74.9 Å². The van der Waals surface area contributed by atoms with Crippen LogP contribution in [0.2, 0.25) is 0 Å². The number of rotatable bonds is 19. The van der Waals surface area contributed by atoms with Crippen LogP contribution in [0.15, 0.2) is 107 Å². The second kappa shape index (κ2) is 20.4. The molecule has 0 aliphatic carbocycles. The number of nitro benzene ring substituents is 5. The Balaban J connectivity index is 1.30. The van der Waals surface area contributed by atoms with E-state index in [0.29, 0.717) is 47.7 Å². The molecule has 1 heterocycles. The van der Waals surface area contributed by atoms with Crippen LogP contribution in [-0.2, 0) is 30.2 Å². The van der Waals surface area contributed by atoms with E-state index >= 15 is 0 Å². The van der Waals surface area contributed by atoms with Crippen molar-refractivity contribution < 1.29 is 67.8 Å². The Morgan fingerprint density at radius 3 is 1.61 bits per heavy atom. The fourth-order valence-electron chi connectivity index (χ4n) is 6.57. The number of hydrogen-bond donors (Lipinski definition) is 0. The zero-order valence-electron chi connectivity index (χ0n) is 34.5. The van der Waals surface area contributed by atoms with Crippen molar-refractivity contribution in [3.8, 4) is 5.75 Å². The van der Waals surface area contributed by atoms with Crippen LogP contribution in [0.5, 0.6) is 5.75 Å². The molecule has 0 fully saturated rings. The summed E-state index contributed by atoms with van der Waals surface area (Å²) in [5.74, 6) is -6.33. The molecule has 5 rings (SSSR count). The van der Waals surface area contributed by atoms with Crippen LogP contribution in [0.1, 0.15) is 51.6 Å². The largest absolute Gasteiger partial charge is 0.545 e. The van der Waals surface area contributed by atoms with Gasteiger partial charge >= 0.3 is 17.9 Å². The average Bonchev–Trinajstić information content (AvgIpc) is 3.28. The summed E-state index contributed by atoms with van der Waals surface area (Å²) in [5.41, 5.74) is -3.93. The number of aliphatic carboxylic acids is 1. The van der Waals surface area contributed by atoms with Crippen LogP contribution in [0.3, 0.4) is 0 Å². The molecule has 4 aromatic rings. The smallest absolute Gasteiger partial charge is 0.339 e. The summed E-state index contributed by atoms with van der Waals surface area (Å²) in [5, 5.41) is 69.4. The number of carboxylic acid groups (broad SMARTS) is 1. The maximum Gasteiger partial charge on any atom is 0.339 e. The Bertz CT molecular complexity index is 2690. The summed E-state index contributed by atoms with van der Waals surface area (Å²) in [6.45, 7) is 1.37. The number of ether oxygens (including phenoxy) is 4. The van der Waals surface area contributed by atoms with Crippen molar-refractivity contribution in [2.45, 2.75) is 32.3 Å². The van der Waals surface area contributed by atoms with E-state index in [-0.39, 0.29) is 46.9 Å². The Morgan fingerprint density at radius 2 is 1.11 bits per heavy atom. The molecular formula is C41H33N6O19-. The summed E-state index contributed by atoms with van der Waals surface area (Å²) in [4.78, 5) is 106. The molecule has 1 aliphatic heterocycles. The molecule has 0 N–H and O–H groups in total. The van der Waals surface area contributed by atoms with Gasteiger partial charge in [-0.25, -0.2) is 14.4 Å². The first-order valence-corrected chi connectivity index (χ1v) is 18.9. The van der Waals surface area contributed by atoms with Gasteiger partial charge in [0.1, 0.15) is 19.0 Å². The van der Waals surface area contributed by atoms with Gasteiger partial charge in [0.15, 0.2) is 6.10 Å². The minimum Gasteiger partial charge on any atom is -0.545 e. The predicted octanol–water partition coefficient (Wildman–Crippen LogP) is 4.80. The van der Waals surface area contributed by atoms with Gasteiger partial charge in [-0.1, -0.05) is 24.3 Å². The van der Waals surface area contributed by atoms with Crippen LogP contribution in [0.4, 0.5) is 28.4 Å². The molecule has 0 saturated carbocycles. The summed E-state index contributed by atoms with van der Waals surface area (Å²) in [7, 11) is 1.54. The number of nitrogens with zero attached hydrogens (tertiary/aromatic N) is 6. The monoisotopic (exact) mass is 913 g/mol. The Morgan fingerprint density at radius 1 is 0.606 bits per heavy atom. The normalized spacial score (nSPS) is 13.9. The van der Waals surface area contributed by atoms with Crippen LogP contribution in [0, 0.1) is 50.6 Å². The summed E-state index contributed by atoms with van der Waals surface area (Å²) in [6, 6.07) is 15.2. The molecule has 0 radical (unpaired) electrons. The predicted molar refractivity (Wildman–Crippen MR) is 220 cm³/mol. The first-order valence-electron chi connectivity index (χ1n) is 18.9. The van der Waals surface area contributed by atoms with Crippen molar-refractivity contribution in [3.63, 3.8) is 0 Å². The third-order valence-electron chi connectivity index (χ3n) is 9.99. The van der Waals surface area contributed by atoms with Gasteiger partial charge in [0.25, 0.3) is 28.4 Å². The van der Waals surface area contributed by atoms with E-state index in [0.717, 1.165) is 6.07 Å². The molecule has 0 amide bonds. The highest BCUT2D eigenvalue weighted by molar-refractivity contribution is 5.98. The number of non-ortho nitro benzene ring substituents is 5. The lowest BCUT2D eigenvalue weighted by Crippen LogP contribution is -2.38. The highest BCUT2D eigenvalue weighted by Crippen LogP contribution is 2.42. The van der Waals surface area contributed by atoms with Gasteiger partial charge in [0, 0.05) is 72.8 Å². The van der Waals surface area contributed by atoms with E-state index in [1.807, 2.05) is 0 Å². The number of carbonyl (C=O) groups excluding carboxylic acids is 4. The lowest BCUT2D eigenvalue weighted by Gasteiger charge is -2.37. The van der Waals surface area contributed by atoms with Gasteiger partial charge in [-0.3, -0.25) is 50.6 Å². The van der Waals surface area contributed by atoms with E-state index in [2.05, 4.69) is 0 Å². The topological polar surface area (TPSA) is 347 Å². The minimum atomic E-state index is -1.59. The maximum atomic E-state index is 13.7. The van der Waals surface area contributed by atoms with E-state index in [1.54, 1.807) is 19.1 Å². The van der Waals surface area contributed by atoms with Gasteiger partial charge in [-0.15, -0.1) is 0 Å². The van der Waals surface area contributed by atoms with Crippen LogP contribution < -0.4 is 9.84 Å². The van der Waals surface area contributed by atoms with Gasteiger partial charge in [0.2, 0.25) is 0 Å². The van der Waals surface area contributed by atoms with Crippen molar-refractivity contribution in [1.82, 2.24) is 4.90 Å². The second-order valence-electron chi connectivity index (χ2n) is 14.1. The maximum absolute atomic E-state index is 13.7. The first-order chi connectivity index (χ1) is 31.2. The lowest BCUT2D eigenvalue weighted by molar-refractivity contribution is -0.394. The Hall–Kier alpha value is -9.16. The van der Waals surface area contributed by atoms with Gasteiger partial charge in [-0.05, 0) is 37.1 Å². The SMILES string of the molecule is CC1=C(C(=O)[O-])[C@@H](c2cccc([N+](=O)[O-])c2)C(C(=O)OCCc2ccc(OC[C@H](COC(=O)c3cc([N+](=O)[O-])cc([N+](=O)[O-])c3)OC(=O)c3cc([N+](=O)[O-])cc([N+](=O)[O-])c3)cc2)=C(C)N1C. The third-order valence-corrected chi connectivity index (χ3v) is 9.99. The zero-order valence-corrected chi connectivity index (χ0v) is 34.5. The highest BCUT2D eigenvalue weighted by Gasteiger charge is 2.37. The quantitative estimate of drug-likeness (QED) is 0.0527. The van der Waals surface area contributed by atoms with Gasteiger partial charge < -0.3 is 33.7 Å². The standard InChI is InChI=1S/C41H34N6O19/c1-22-35(38(48)49)37(25-5-4-6-28(13-25)43(53)54)36(23(2)42(22)3)41(52)63-12-11-24-7-9-33(10-8-24)64-20-34(66-40(51)27-16-31(46(59)60)19-32(17-27)47(61)62)21-65-39(50)26-14-29(44(55)56)18-30(15-26)45(57)58/h4-10,13-19,34,37H,11-12,20-21H2,1-3H3,(H,48,49)/p-1/t34-,37-/m1/s1. The van der Waals surface area contributed by atoms with Crippen molar-refractivity contribution in [2.24, 2.45) is 0 Å². The van der Waals surface area contributed by atoms with Gasteiger partial charge in [0.05, 0.1) is 66.0 Å². The first kappa shape index (κ1) is 47.9. The molecule has 0 aromatic heterocycles. The van der Waals surface area contributed by atoms with Crippen molar-refractivity contribution in [1.29, 1.82) is 0 Å². The number of carboxylic acids is 1.